The van der Waals surface area contributed by atoms with E-state index in [2.05, 4.69) is 0 Å². The Hall–Kier alpha value is -2.04. The molecule has 0 bridgehead atoms. The van der Waals surface area contributed by atoms with Crippen LogP contribution in [0, 0.1) is 11.8 Å². The van der Waals surface area contributed by atoms with Crippen LogP contribution in [0.15, 0.2) is 30.3 Å². The number of piperidine rings is 1. The summed E-state index contributed by atoms with van der Waals surface area (Å²) < 4.78 is 10.4. The Labute approximate surface area is 149 Å². The van der Waals surface area contributed by atoms with Gasteiger partial charge < -0.3 is 14.4 Å². The van der Waals surface area contributed by atoms with E-state index in [1.165, 1.54) is 26.4 Å². The summed E-state index contributed by atoms with van der Waals surface area (Å²) in [7, 11) is 1.40. The molecule has 5 heteroatoms. The smallest absolute Gasteiger partial charge is 0.410 e. The third-order valence-electron chi connectivity index (χ3n) is 5.58. The van der Waals surface area contributed by atoms with Crippen LogP contribution in [0.4, 0.5) is 4.79 Å². The quantitative estimate of drug-likeness (QED) is 0.780. The minimum atomic E-state index is -0.318. The summed E-state index contributed by atoms with van der Waals surface area (Å²) >= 11 is 0. The van der Waals surface area contributed by atoms with Crippen LogP contribution in [0.1, 0.15) is 44.1 Å². The number of carbonyl (C=O) groups excluding carboxylic acids is 2. The lowest BCUT2D eigenvalue weighted by Gasteiger charge is -2.45. The number of esters is 1. The second kappa shape index (κ2) is 8.37. The second-order valence-electron chi connectivity index (χ2n) is 7.17. The number of hydrogen-bond acceptors (Lipinski definition) is 4. The van der Waals surface area contributed by atoms with Crippen molar-refractivity contribution < 1.29 is 19.1 Å². The van der Waals surface area contributed by atoms with Gasteiger partial charge in [0.05, 0.1) is 13.5 Å². The highest BCUT2D eigenvalue weighted by atomic mass is 16.6. The molecule has 1 aliphatic heterocycles. The van der Waals surface area contributed by atoms with Crippen molar-refractivity contribution in [2.24, 2.45) is 11.8 Å². The first-order valence-electron chi connectivity index (χ1n) is 9.21. The lowest BCUT2D eigenvalue weighted by atomic mass is 9.72. The van der Waals surface area contributed by atoms with Crippen LogP contribution in [-0.2, 0) is 20.9 Å². The topological polar surface area (TPSA) is 55.8 Å². The fourth-order valence-corrected chi connectivity index (χ4v) is 4.21. The molecule has 0 aromatic heterocycles. The van der Waals surface area contributed by atoms with Crippen molar-refractivity contribution >= 4 is 12.1 Å². The molecule has 1 aromatic carbocycles. The minimum absolute atomic E-state index is 0.116. The highest BCUT2D eigenvalue weighted by molar-refractivity contribution is 5.73. The third kappa shape index (κ3) is 4.53. The Morgan fingerprint density at radius 2 is 1.84 bits per heavy atom. The molecule has 136 valence electrons. The maximum Gasteiger partial charge on any atom is 0.410 e. The highest BCUT2D eigenvalue weighted by Gasteiger charge is 2.40. The van der Waals surface area contributed by atoms with Crippen molar-refractivity contribution in [2.45, 2.75) is 51.2 Å². The molecule has 25 heavy (non-hydrogen) atoms. The van der Waals surface area contributed by atoms with E-state index >= 15 is 0 Å². The molecule has 1 saturated carbocycles. The van der Waals surface area contributed by atoms with Crippen LogP contribution in [0.25, 0.3) is 0 Å². The van der Waals surface area contributed by atoms with E-state index in [1.807, 2.05) is 30.3 Å². The Bertz CT molecular complexity index is 589. The van der Waals surface area contributed by atoms with E-state index in [0.29, 0.717) is 18.4 Å². The maximum absolute atomic E-state index is 12.7. The van der Waals surface area contributed by atoms with Gasteiger partial charge in [-0.15, -0.1) is 0 Å². The van der Waals surface area contributed by atoms with E-state index in [0.717, 1.165) is 18.4 Å². The zero-order valence-electron chi connectivity index (χ0n) is 14.9. The Balaban J connectivity index is 1.65. The van der Waals surface area contributed by atoms with E-state index in [1.54, 1.807) is 4.90 Å². The summed E-state index contributed by atoms with van der Waals surface area (Å²) in [4.78, 5) is 26.2. The van der Waals surface area contributed by atoms with Crippen LogP contribution in [0.5, 0.6) is 0 Å². The van der Waals surface area contributed by atoms with Gasteiger partial charge in [-0.3, -0.25) is 4.79 Å². The largest absolute Gasteiger partial charge is 0.469 e. The minimum Gasteiger partial charge on any atom is -0.469 e. The molecule has 5 nitrogen and oxygen atoms in total. The predicted octanol–water partition coefficient (Wildman–Crippen LogP) is 3.77. The summed E-state index contributed by atoms with van der Waals surface area (Å²) in [6, 6.07) is 9.55. The van der Waals surface area contributed by atoms with Crippen LogP contribution >= 0.6 is 0 Å². The maximum atomic E-state index is 12.7. The summed E-state index contributed by atoms with van der Waals surface area (Å²) in [5, 5.41) is 0. The standard InChI is InChI=1S/C20H27NO4/c1-24-19(22)12-18-11-16-9-5-6-10-17(16)13-21(18)20(23)25-14-15-7-3-2-4-8-15/h2-4,7-8,16-18H,5-6,9-14H2,1H3/t16-,17-,18+/m1/s1. The lowest BCUT2D eigenvalue weighted by molar-refractivity contribution is -0.142. The molecule has 1 aromatic rings. The number of nitrogens with zero attached hydrogens (tertiary/aromatic N) is 1. The van der Waals surface area contributed by atoms with Crippen molar-refractivity contribution in [1.82, 2.24) is 4.90 Å². The monoisotopic (exact) mass is 345 g/mol. The van der Waals surface area contributed by atoms with E-state index in [9.17, 15) is 9.59 Å². The highest BCUT2D eigenvalue weighted by Crippen LogP contribution is 2.39. The summed E-state index contributed by atoms with van der Waals surface area (Å²) in [6.45, 7) is 0.954. The molecular weight excluding hydrogens is 318 g/mol. The van der Waals surface area contributed by atoms with Crippen LogP contribution < -0.4 is 0 Å². The molecule has 2 aliphatic rings. The number of hydrogen-bond donors (Lipinski definition) is 0. The molecular formula is C20H27NO4. The average Bonchev–Trinajstić information content (AvgIpc) is 2.66. The predicted molar refractivity (Wildman–Crippen MR) is 93.8 cm³/mol. The molecule has 1 heterocycles. The van der Waals surface area contributed by atoms with Gasteiger partial charge in [-0.05, 0) is 30.2 Å². The number of carbonyl (C=O) groups is 2. The fourth-order valence-electron chi connectivity index (χ4n) is 4.21. The van der Waals surface area contributed by atoms with Gasteiger partial charge in [0.15, 0.2) is 0 Å². The van der Waals surface area contributed by atoms with Gasteiger partial charge in [-0.2, -0.15) is 0 Å². The molecule has 0 N–H and O–H groups in total. The number of rotatable bonds is 4. The third-order valence-corrected chi connectivity index (χ3v) is 5.58. The van der Waals surface area contributed by atoms with Crippen molar-refractivity contribution in [1.29, 1.82) is 0 Å². The Kier molecular flexibility index (Phi) is 5.95. The molecule has 3 rings (SSSR count). The van der Waals surface area contributed by atoms with Crippen LogP contribution in [0.2, 0.25) is 0 Å². The van der Waals surface area contributed by atoms with Crippen molar-refractivity contribution in [3.05, 3.63) is 35.9 Å². The number of benzene rings is 1. The van der Waals surface area contributed by atoms with Crippen molar-refractivity contribution in [3.63, 3.8) is 0 Å². The molecule has 0 radical (unpaired) electrons. The lowest BCUT2D eigenvalue weighted by Crippen LogP contribution is -2.51. The summed E-state index contributed by atoms with van der Waals surface area (Å²) in [6.07, 6.45) is 5.66. The van der Waals surface area contributed by atoms with Crippen molar-refractivity contribution in [2.75, 3.05) is 13.7 Å². The van der Waals surface area contributed by atoms with Gasteiger partial charge in [0.2, 0.25) is 0 Å². The Morgan fingerprint density at radius 1 is 1.12 bits per heavy atom. The van der Waals surface area contributed by atoms with Crippen LogP contribution in [-0.4, -0.2) is 36.7 Å². The van der Waals surface area contributed by atoms with E-state index in [4.69, 9.17) is 9.47 Å². The van der Waals surface area contributed by atoms with Crippen molar-refractivity contribution in [3.8, 4) is 0 Å². The number of ether oxygens (including phenoxy) is 2. The fraction of sp³-hybridized carbons (Fsp3) is 0.600. The molecule has 1 saturated heterocycles. The van der Waals surface area contributed by atoms with Gasteiger partial charge in [-0.1, -0.05) is 49.6 Å². The first kappa shape index (κ1) is 17.8. The molecule has 1 amide bonds. The van der Waals surface area contributed by atoms with E-state index < -0.39 is 0 Å². The van der Waals surface area contributed by atoms with Gasteiger partial charge >= 0.3 is 12.1 Å². The summed E-state index contributed by atoms with van der Waals surface area (Å²) in [5.41, 5.74) is 0.966. The number of methoxy groups -OCH3 is 1. The number of likely N-dealkylation sites (tertiary alicyclic amines) is 1. The van der Waals surface area contributed by atoms with E-state index in [-0.39, 0.29) is 31.1 Å². The molecule has 2 fully saturated rings. The van der Waals surface area contributed by atoms with Gasteiger partial charge in [0.25, 0.3) is 0 Å². The summed E-state index contributed by atoms with van der Waals surface area (Å²) in [5.74, 6) is 0.883. The first-order chi connectivity index (χ1) is 12.2. The molecule has 1 aliphatic carbocycles. The normalized spacial score (nSPS) is 25.8. The molecule has 0 unspecified atom stereocenters. The number of fused-ring (bicyclic) bond motifs is 1. The number of amides is 1. The van der Waals surface area contributed by atoms with Crippen LogP contribution in [0.3, 0.4) is 0 Å². The second-order valence-corrected chi connectivity index (χ2v) is 7.17. The molecule has 0 spiro atoms. The first-order valence-corrected chi connectivity index (χ1v) is 9.21. The average molecular weight is 345 g/mol. The van der Waals surface area contributed by atoms with Gasteiger partial charge in [0.1, 0.15) is 6.61 Å². The molecule has 3 atom stereocenters. The van der Waals surface area contributed by atoms with Gasteiger partial charge in [0, 0.05) is 12.6 Å². The Morgan fingerprint density at radius 3 is 2.56 bits per heavy atom. The SMILES string of the molecule is COC(=O)C[C@@H]1C[C@H]2CCCC[C@@H]2CN1C(=O)OCc1ccccc1. The van der Waals surface area contributed by atoms with Gasteiger partial charge in [-0.25, -0.2) is 4.79 Å². The zero-order valence-corrected chi connectivity index (χ0v) is 14.9. The zero-order chi connectivity index (χ0) is 17.6.